The second-order valence-corrected chi connectivity index (χ2v) is 4.20. The van der Waals surface area contributed by atoms with E-state index < -0.39 is 11.6 Å². The molecule has 1 aromatic rings. The lowest BCUT2D eigenvalue weighted by atomic mass is 10.1. The average molecular weight is 214 g/mol. The van der Waals surface area contributed by atoms with Gasteiger partial charge in [-0.3, -0.25) is 0 Å². The maximum absolute atomic E-state index is 11.2. The number of aromatic nitrogens is 1. The summed E-state index contributed by atoms with van der Waals surface area (Å²) in [5.41, 5.74) is -0.472. The molecular formula is C9H14N2O2S. The van der Waals surface area contributed by atoms with Gasteiger partial charge in [0.15, 0.2) is 0 Å². The molecule has 1 rings (SSSR count). The first kappa shape index (κ1) is 11.0. The molecule has 0 aliphatic carbocycles. The number of hydrogen-bond donors (Lipinski definition) is 1. The van der Waals surface area contributed by atoms with E-state index in [9.17, 15) is 4.79 Å². The second-order valence-electron chi connectivity index (χ2n) is 3.31. The molecule has 0 bridgehead atoms. The summed E-state index contributed by atoms with van der Waals surface area (Å²) in [6.45, 7) is 5.93. The quantitative estimate of drug-likeness (QED) is 0.838. The van der Waals surface area contributed by atoms with Gasteiger partial charge >= 0.3 is 6.09 Å². The van der Waals surface area contributed by atoms with E-state index in [0.717, 1.165) is 5.01 Å². The van der Waals surface area contributed by atoms with Crippen molar-refractivity contribution in [3.05, 3.63) is 16.6 Å². The van der Waals surface area contributed by atoms with Crippen molar-refractivity contribution in [1.29, 1.82) is 0 Å². The monoisotopic (exact) mass is 214 g/mol. The van der Waals surface area contributed by atoms with Crippen LogP contribution < -0.4 is 5.32 Å². The van der Waals surface area contributed by atoms with Crippen LogP contribution in [0.2, 0.25) is 0 Å². The summed E-state index contributed by atoms with van der Waals surface area (Å²) in [5.74, 6) is 0. The minimum atomic E-state index is -0.472. The fourth-order valence-electron chi connectivity index (χ4n) is 1.01. The highest BCUT2D eigenvalue weighted by Crippen LogP contribution is 2.21. The molecule has 0 fully saturated rings. The van der Waals surface area contributed by atoms with E-state index in [1.165, 1.54) is 11.3 Å². The number of ether oxygens (including phenoxy) is 1. The first-order valence-electron chi connectivity index (χ1n) is 4.41. The molecule has 0 saturated heterocycles. The Morgan fingerprint density at radius 2 is 2.43 bits per heavy atom. The van der Waals surface area contributed by atoms with Crippen LogP contribution in [-0.4, -0.2) is 17.7 Å². The van der Waals surface area contributed by atoms with Gasteiger partial charge in [-0.15, -0.1) is 11.3 Å². The molecule has 1 aromatic heterocycles. The predicted molar refractivity (Wildman–Crippen MR) is 55.3 cm³/mol. The highest BCUT2D eigenvalue weighted by molar-refractivity contribution is 7.09. The average Bonchev–Trinajstić information content (AvgIpc) is 2.54. The molecule has 0 saturated carbocycles. The highest BCUT2D eigenvalue weighted by Gasteiger charge is 2.25. The Bertz CT molecular complexity index is 296. The van der Waals surface area contributed by atoms with Crippen molar-refractivity contribution in [2.75, 3.05) is 6.61 Å². The minimum Gasteiger partial charge on any atom is -0.450 e. The number of amides is 1. The van der Waals surface area contributed by atoms with E-state index in [-0.39, 0.29) is 0 Å². The van der Waals surface area contributed by atoms with Crippen LogP contribution in [-0.2, 0) is 10.3 Å². The Kier molecular flexibility index (Phi) is 3.46. The molecule has 5 heteroatoms. The molecule has 0 atom stereocenters. The highest BCUT2D eigenvalue weighted by atomic mass is 32.1. The molecule has 0 aromatic carbocycles. The smallest absolute Gasteiger partial charge is 0.407 e. The van der Waals surface area contributed by atoms with Gasteiger partial charge in [-0.2, -0.15) is 0 Å². The van der Waals surface area contributed by atoms with Crippen LogP contribution in [0, 0.1) is 0 Å². The predicted octanol–water partition coefficient (Wildman–Crippen LogP) is 2.12. The summed E-state index contributed by atoms with van der Waals surface area (Å²) >= 11 is 1.51. The third kappa shape index (κ3) is 2.70. The van der Waals surface area contributed by atoms with Gasteiger partial charge in [0.2, 0.25) is 0 Å². The van der Waals surface area contributed by atoms with E-state index in [1.54, 1.807) is 13.1 Å². The van der Waals surface area contributed by atoms with Gasteiger partial charge in [0.05, 0.1) is 12.1 Å². The molecule has 0 unspecified atom stereocenters. The van der Waals surface area contributed by atoms with Gasteiger partial charge in [-0.25, -0.2) is 9.78 Å². The van der Waals surface area contributed by atoms with E-state index in [2.05, 4.69) is 10.3 Å². The molecule has 4 nitrogen and oxygen atoms in total. The summed E-state index contributed by atoms with van der Waals surface area (Å²) < 4.78 is 4.80. The van der Waals surface area contributed by atoms with Crippen molar-refractivity contribution in [3.63, 3.8) is 0 Å². The topological polar surface area (TPSA) is 51.2 Å². The zero-order chi connectivity index (χ0) is 10.6. The van der Waals surface area contributed by atoms with Gasteiger partial charge in [-0.05, 0) is 20.8 Å². The molecule has 14 heavy (non-hydrogen) atoms. The zero-order valence-electron chi connectivity index (χ0n) is 8.53. The Balaban J connectivity index is 2.63. The first-order chi connectivity index (χ1) is 6.56. The van der Waals surface area contributed by atoms with Crippen LogP contribution in [0.1, 0.15) is 25.8 Å². The summed E-state index contributed by atoms with van der Waals surface area (Å²) in [6, 6.07) is 0. The van der Waals surface area contributed by atoms with Gasteiger partial charge in [0.1, 0.15) is 5.01 Å². The van der Waals surface area contributed by atoms with Crippen LogP contribution >= 0.6 is 11.3 Å². The summed E-state index contributed by atoms with van der Waals surface area (Å²) in [6.07, 6.45) is 1.31. The number of carbonyl (C=O) groups excluding carboxylic acids is 1. The lowest BCUT2D eigenvalue weighted by molar-refractivity contribution is 0.141. The van der Waals surface area contributed by atoms with E-state index in [4.69, 9.17) is 4.74 Å². The number of carbonyl (C=O) groups is 1. The minimum absolute atomic E-state index is 0.375. The largest absolute Gasteiger partial charge is 0.450 e. The van der Waals surface area contributed by atoms with Crippen LogP contribution in [0.5, 0.6) is 0 Å². The van der Waals surface area contributed by atoms with Crippen molar-refractivity contribution in [2.24, 2.45) is 0 Å². The number of alkyl carbamates (subject to hydrolysis) is 1. The van der Waals surface area contributed by atoms with Crippen molar-refractivity contribution >= 4 is 17.4 Å². The van der Waals surface area contributed by atoms with Crippen molar-refractivity contribution in [1.82, 2.24) is 10.3 Å². The lowest BCUT2D eigenvalue weighted by Crippen LogP contribution is -2.41. The van der Waals surface area contributed by atoms with Gasteiger partial charge in [0, 0.05) is 11.6 Å². The first-order valence-corrected chi connectivity index (χ1v) is 5.29. The van der Waals surface area contributed by atoms with Gasteiger partial charge < -0.3 is 10.1 Å². The molecule has 0 aliphatic rings. The SMILES string of the molecule is CCOC(=O)NC(C)(C)c1nccs1. The number of rotatable bonds is 3. The third-order valence-corrected chi connectivity index (χ3v) is 2.75. The molecule has 1 heterocycles. The summed E-state index contributed by atoms with van der Waals surface area (Å²) in [7, 11) is 0. The summed E-state index contributed by atoms with van der Waals surface area (Å²) in [5, 5.41) is 5.49. The fourth-order valence-corrected chi connectivity index (χ4v) is 1.73. The number of hydrogen-bond acceptors (Lipinski definition) is 4. The Morgan fingerprint density at radius 3 is 2.93 bits per heavy atom. The van der Waals surface area contributed by atoms with Crippen LogP contribution in [0.4, 0.5) is 4.79 Å². The van der Waals surface area contributed by atoms with Crippen LogP contribution in [0.3, 0.4) is 0 Å². The maximum atomic E-state index is 11.2. The Hall–Kier alpha value is -1.10. The molecule has 0 spiro atoms. The van der Waals surface area contributed by atoms with Gasteiger partial charge in [-0.1, -0.05) is 0 Å². The Morgan fingerprint density at radius 1 is 1.71 bits per heavy atom. The molecule has 1 N–H and O–H groups in total. The van der Waals surface area contributed by atoms with Crippen molar-refractivity contribution in [2.45, 2.75) is 26.3 Å². The van der Waals surface area contributed by atoms with E-state index in [0.29, 0.717) is 6.61 Å². The lowest BCUT2D eigenvalue weighted by Gasteiger charge is -2.22. The molecular weight excluding hydrogens is 200 g/mol. The Labute approximate surface area is 87.3 Å². The molecule has 78 valence electrons. The van der Waals surface area contributed by atoms with Crippen LogP contribution in [0.15, 0.2) is 11.6 Å². The fraction of sp³-hybridized carbons (Fsp3) is 0.556. The maximum Gasteiger partial charge on any atom is 0.407 e. The standard InChI is InChI=1S/C9H14N2O2S/c1-4-13-8(12)11-9(2,3)7-10-5-6-14-7/h5-6H,4H2,1-3H3,(H,11,12). The van der Waals surface area contributed by atoms with Gasteiger partial charge in [0.25, 0.3) is 0 Å². The summed E-state index contributed by atoms with van der Waals surface area (Å²) in [4.78, 5) is 15.3. The number of thiazole rings is 1. The van der Waals surface area contributed by atoms with Crippen molar-refractivity contribution < 1.29 is 9.53 Å². The molecule has 1 amide bonds. The van der Waals surface area contributed by atoms with Crippen molar-refractivity contribution in [3.8, 4) is 0 Å². The van der Waals surface area contributed by atoms with E-state index in [1.807, 2.05) is 19.2 Å². The zero-order valence-corrected chi connectivity index (χ0v) is 9.35. The second kappa shape index (κ2) is 4.41. The normalized spacial score (nSPS) is 11.1. The van der Waals surface area contributed by atoms with E-state index >= 15 is 0 Å². The number of nitrogens with one attached hydrogen (secondary N) is 1. The molecule has 0 aliphatic heterocycles. The third-order valence-electron chi connectivity index (χ3n) is 1.66. The molecule has 0 radical (unpaired) electrons. The number of nitrogens with zero attached hydrogens (tertiary/aromatic N) is 1. The van der Waals surface area contributed by atoms with Crippen LogP contribution in [0.25, 0.3) is 0 Å².